The molecule has 1 aliphatic rings. The number of hydrogen-bond acceptors (Lipinski definition) is 7. The van der Waals surface area contributed by atoms with Crippen molar-refractivity contribution in [2.75, 3.05) is 5.32 Å². The van der Waals surface area contributed by atoms with Crippen molar-refractivity contribution in [3.63, 3.8) is 0 Å². The minimum Gasteiger partial charge on any atom is -0.367 e. The number of benzene rings is 1. The number of aromatic nitrogens is 4. The lowest BCUT2D eigenvalue weighted by Gasteiger charge is -2.19. The van der Waals surface area contributed by atoms with E-state index in [0.717, 1.165) is 52.8 Å². The van der Waals surface area contributed by atoms with Gasteiger partial charge in [0, 0.05) is 41.6 Å². The lowest BCUT2D eigenvalue weighted by atomic mass is 10.0. The molecule has 32 heavy (non-hydrogen) atoms. The molecule has 5 rings (SSSR count). The first-order valence-electron chi connectivity index (χ1n) is 10.5. The molecule has 0 radical (unpaired) electrons. The van der Waals surface area contributed by atoms with Crippen LogP contribution in [0, 0.1) is 5.92 Å². The number of hydrogen-bond donors (Lipinski definition) is 2. The first-order valence-corrected chi connectivity index (χ1v) is 12.0. The third-order valence-corrected chi connectivity index (χ3v) is 6.66. The minimum atomic E-state index is -3.95. The molecule has 4 aromatic rings. The standard InChI is InChI=1S/C22H24N6O3S/c1-14(31-32(23,29)30)15-5-6-17(11-15)26-21-8-10-25-22-12-20(27-28(21)22)19-4-2-3-16-13-24-9-7-18(16)19/h2-4,7-10,12-15,17,26H,5-6,11H2,1H3,(H2,23,29,30). The Morgan fingerprint density at radius 3 is 2.94 bits per heavy atom. The average molecular weight is 453 g/mol. The van der Waals surface area contributed by atoms with E-state index in [4.69, 9.17) is 14.4 Å². The fourth-order valence-corrected chi connectivity index (χ4v) is 5.14. The van der Waals surface area contributed by atoms with Crippen molar-refractivity contribution in [1.82, 2.24) is 19.6 Å². The molecule has 1 aromatic carbocycles. The molecule has 3 atom stereocenters. The summed E-state index contributed by atoms with van der Waals surface area (Å²) >= 11 is 0. The zero-order valence-corrected chi connectivity index (χ0v) is 18.4. The molecule has 166 valence electrons. The summed E-state index contributed by atoms with van der Waals surface area (Å²) in [6, 6.07) is 12.1. The van der Waals surface area contributed by atoms with E-state index in [0.29, 0.717) is 0 Å². The second-order valence-electron chi connectivity index (χ2n) is 8.24. The van der Waals surface area contributed by atoms with E-state index in [9.17, 15) is 8.42 Å². The first kappa shape index (κ1) is 20.8. The van der Waals surface area contributed by atoms with E-state index >= 15 is 0 Å². The lowest BCUT2D eigenvalue weighted by molar-refractivity contribution is 0.161. The number of fused-ring (bicyclic) bond motifs is 2. The Hall–Kier alpha value is -3.08. The minimum absolute atomic E-state index is 0.112. The van der Waals surface area contributed by atoms with Crippen LogP contribution in [0.4, 0.5) is 5.82 Å². The number of nitrogens with two attached hydrogens (primary N) is 1. The van der Waals surface area contributed by atoms with Gasteiger partial charge < -0.3 is 5.32 Å². The molecule has 1 fully saturated rings. The van der Waals surface area contributed by atoms with E-state index in [1.807, 2.05) is 47.1 Å². The summed E-state index contributed by atoms with van der Waals surface area (Å²) in [5.74, 6) is 0.953. The van der Waals surface area contributed by atoms with Crippen molar-refractivity contribution in [3.05, 3.63) is 55.0 Å². The maximum absolute atomic E-state index is 11.2. The van der Waals surface area contributed by atoms with E-state index in [1.54, 1.807) is 19.3 Å². The van der Waals surface area contributed by atoms with Gasteiger partial charge >= 0.3 is 10.3 Å². The van der Waals surface area contributed by atoms with E-state index in [2.05, 4.69) is 15.3 Å². The number of nitrogens with one attached hydrogen (secondary N) is 1. The maximum atomic E-state index is 11.2. The molecule has 9 nitrogen and oxygen atoms in total. The number of anilines is 1. The molecule has 0 saturated heterocycles. The maximum Gasteiger partial charge on any atom is 0.333 e. The van der Waals surface area contributed by atoms with Crippen LogP contribution in [0.1, 0.15) is 26.2 Å². The predicted octanol–water partition coefficient (Wildman–Crippen LogP) is 3.13. The Labute approximate surface area is 185 Å². The average Bonchev–Trinajstić information content (AvgIpc) is 3.40. The van der Waals surface area contributed by atoms with Gasteiger partial charge in [-0.05, 0) is 49.6 Å². The Bertz CT molecular complexity index is 1380. The Kier molecular flexibility index (Phi) is 5.28. The van der Waals surface area contributed by atoms with Crippen LogP contribution in [0.5, 0.6) is 0 Å². The summed E-state index contributed by atoms with van der Waals surface area (Å²) in [6.45, 7) is 1.75. The summed E-state index contributed by atoms with van der Waals surface area (Å²) in [7, 11) is -3.95. The van der Waals surface area contributed by atoms with Crippen molar-refractivity contribution in [1.29, 1.82) is 0 Å². The molecular formula is C22H24N6O3S. The van der Waals surface area contributed by atoms with Gasteiger partial charge in [-0.3, -0.25) is 9.17 Å². The van der Waals surface area contributed by atoms with Gasteiger partial charge in [-0.2, -0.15) is 18.0 Å². The summed E-state index contributed by atoms with van der Waals surface area (Å²) in [5.41, 5.74) is 2.61. The molecule has 3 aromatic heterocycles. The molecule has 0 aliphatic heterocycles. The largest absolute Gasteiger partial charge is 0.367 e. The van der Waals surface area contributed by atoms with Gasteiger partial charge in [0.25, 0.3) is 0 Å². The van der Waals surface area contributed by atoms with Crippen LogP contribution in [0.3, 0.4) is 0 Å². The molecular weight excluding hydrogens is 428 g/mol. The van der Waals surface area contributed by atoms with Crippen LogP contribution in [0.2, 0.25) is 0 Å². The van der Waals surface area contributed by atoms with Crippen LogP contribution in [-0.2, 0) is 14.5 Å². The molecule has 3 unspecified atom stereocenters. The monoisotopic (exact) mass is 452 g/mol. The summed E-state index contributed by atoms with van der Waals surface area (Å²) in [5, 5.41) is 15.5. The number of nitrogens with zero attached hydrogens (tertiary/aromatic N) is 4. The van der Waals surface area contributed by atoms with Gasteiger partial charge in [0.15, 0.2) is 5.65 Å². The van der Waals surface area contributed by atoms with E-state index in [-0.39, 0.29) is 12.0 Å². The first-order chi connectivity index (χ1) is 15.4. The Morgan fingerprint density at radius 1 is 1.22 bits per heavy atom. The zero-order chi connectivity index (χ0) is 22.3. The molecule has 1 aliphatic carbocycles. The quantitative estimate of drug-likeness (QED) is 0.460. The van der Waals surface area contributed by atoms with Gasteiger partial charge in [0.05, 0.1) is 11.8 Å². The normalized spacial score (nSPS) is 20.1. The van der Waals surface area contributed by atoms with Crippen molar-refractivity contribution in [2.45, 2.75) is 38.3 Å². The van der Waals surface area contributed by atoms with Crippen LogP contribution < -0.4 is 10.5 Å². The number of rotatable bonds is 6. The molecule has 10 heteroatoms. The summed E-state index contributed by atoms with van der Waals surface area (Å²) in [6.07, 6.45) is 7.47. The van der Waals surface area contributed by atoms with Crippen LogP contribution >= 0.6 is 0 Å². The molecule has 1 saturated carbocycles. The van der Waals surface area contributed by atoms with Gasteiger partial charge in [-0.25, -0.2) is 10.1 Å². The van der Waals surface area contributed by atoms with Crippen molar-refractivity contribution >= 4 is 32.5 Å². The van der Waals surface area contributed by atoms with Gasteiger partial charge in [-0.1, -0.05) is 18.2 Å². The summed E-state index contributed by atoms with van der Waals surface area (Å²) < 4.78 is 29.3. The predicted molar refractivity (Wildman–Crippen MR) is 122 cm³/mol. The SMILES string of the molecule is CC(OS(N)(=O)=O)C1CCC(Nc2ccnc3cc(-c4cccc5cnccc45)nn23)C1. The molecule has 3 N–H and O–H groups in total. The van der Waals surface area contributed by atoms with Crippen molar-refractivity contribution in [3.8, 4) is 11.3 Å². The molecule has 3 heterocycles. The fraction of sp³-hybridized carbons (Fsp3) is 0.318. The van der Waals surface area contributed by atoms with Gasteiger partial charge in [0.1, 0.15) is 5.82 Å². The second kappa shape index (κ2) is 8.12. The van der Waals surface area contributed by atoms with Crippen molar-refractivity contribution < 1.29 is 12.6 Å². The molecule has 0 spiro atoms. The molecule has 0 bridgehead atoms. The van der Waals surface area contributed by atoms with Crippen molar-refractivity contribution in [2.24, 2.45) is 11.1 Å². The second-order valence-corrected chi connectivity index (χ2v) is 9.42. The number of pyridine rings is 1. The Morgan fingerprint density at radius 2 is 2.09 bits per heavy atom. The van der Waals surface area contributed by atoms with E-state index < -0.39 is 16.4 Å². The van der Waals surface area contributed by atoms with E-state index in [1.165, 1.54) is 0 Å². The van der Waals surface area contributed by atoms with Crippen LogP contribution in [-0.4, -0.2) is 40.1 Å². The fourth-order valence-electron chi connectivity index (χ4n) is 4.56. The van der Waals surface area contributed by atoms with Crippen LogP contribution in [0.15, 0.2) is 55.0 Å². The summed E-state index contributed by atoms with van der Waals surface area (Å²) in [4.78, 5) is 8.68. The highest BCUT2D eigenvalue weighted by Crippen LogP contribution is 2.33. The highest BCUT2D eigenvalue weighted by atomic mass is 32.2. The Balaban J connectivity index is 1.40. The topological polar surface area (TPSA) is 124 Å². The smallest absolute Gasteiger partial charge is 0.333 e. The third-order valence-electron chi connectivity index (χ3n) is 6.09. The zero-order valence-electron chi connectivity index (χ0n) is 17.5. The third kappa shape index (κ3) is 4.16. The highest BCUT2D eigenvalue weighted by molar-refractivity contribution is 7.84. The van der Waals surface area contributed by atoms with Crippen LogP contribution in [0.25, 0.3) is 27.7 Å². The highest BCUT2D eigenvalue weighted by Gasteiger charge is 2.31. The van der Waals surface area contributed by atoms with Gasteiger partial charge in [-0.15, -0.1) is 0 Å². The lowest BCUT2D eigenvalue weighted by Crippen LogP contribution is -2.28. The molecule has 0 amide bonds. The van der Waals surface area contributed by atoms with Gasteiger partial charge in [0.2, 0.25) is 0 Å².